The maximum absolute atomic E-state index is 12.2. The van der Waals surface area contributed by atoms with Crippen LogP contribution in [0.5, 0.6) is 0 Å². The number of carbonyl (C=O) groups excluding carboxylic acids is 2. The van der Waals surface area contributed by atoms with E-state index in [0.29, 0.717) is 6.54 Å². The second-order valence-corrected chi connectivity index (χ2v) is 6.53. The Morgan fingerprint density at radius 2 is 1.73 bits per heavy atom. The molecule has 0 saturated carbocycles. The lowest BCUT2D eigenvalue weighted by molar-refractivity contribution is -0.129. The SMILES string of the molecule is CCCCCCCCNC(=O)[C@@H](NC(=O)/C=C/c1ccccc1)[C@@H](C)O. The van der Waals surface area contributed by atoms with Crippen LogP contribution in [-0.2, 0) is 9.59 Å². The topological polar surface area (TPSA) is 78.4 Å². The Kier molecular flexibility index (Phi) is 11.0. The Labute approximate surface area is 156 Å². The van der Waals surface area contributed by atoms with Gasteiger partial charge in [-0.15, -0.1) is 0 Å². The van der Waals surface area contributed by atoms with Crippen LogP contribution in [0.2, 0.25) is 0 Å². The third-order valence-corrected chi connectivity index (χ3v) is 4.12. The van der Waals surface area contributed by atoms with Crippen LogP contribution in [0.3, 0.4) is 0 Å². The molecule has 144 valence electrons. The molecule has 0 unspecified atom stereocenters. The van der Waals surface area contributed by atoms with E-state index in [1.54, 1.807) is 6.08 Å². The standard InChI is InChI=1S/C21H32N2O3/c1-3-4-5-6-7-11-16-22-21(26)20(17(2)24)23-19(25)15-14-18-12-9-8-10-13-18/h8-10,12-15,17,20,24H,3-7,11,16H2,1-2H3,(H,22,26)(H,23,25)/b15-14+/t17-,20+/m1/s1. The number of aliphatic hydroxyl groups is 1. The molecule has 1 rings (SSSR count). The molecule has 0 aromatic heterocycles. The molecule has 3 N–H and O–H groups in total. The molecular weight excluding hydrogens is 328 g/mol. The number of aliphatic hydroxyl groups excluding tert-OH is 1. The molecule has 2 atom stereocenters. The average molecular weight is 360 g/mol. The van der Waals surface area contributed by atoms with E-state index in [1.165, 1.54) is 38.7 Å². The van der Waals surface area contributed by atoms with E-state index in [0.717, 1.165) is 18.4 Å². The highest BCUT2D eigenvalue weighted by molar-refractivity contribution is 5.95. The van der Waals surface area contributed by atoms with Gasteiger partial charge in [-0.3, -0.25) is 9.59 Å². The van der Waals surface area contributed by atoms with E-state index in [-0.39, 0.29) is 5.91 Å². The second kappa shape index (κ2) is 13.1. The molecule has 1 aromatic rings. The highest BCUT2D eigenvalue weighted by Crippen LogP contribution is 2.04. The molecule has 5 nitrogen and oxygen atoms in total. The van der Waals surface area contributed by atoms with Crippen LogP contribution in [0.25, 0.3) is 6.08 Å². The van der Waals surface area contributed by atoms with Gasteiger partial charge >= 0.3 is 0 Å². The van der Waals surface area contributed by atoms with Gasteiger partial charge in [-0.25, -0.2) is 0 Å². The van der Waals surface area contributed by atoms with E-state index in [2.05, 4.69) is 17.6 Å². The first-order valence-electron chi connectivity index (χ1n) is 9.54. The van der Waals surface area contributed by atoms with Crippen LogP contribution in [0.15, 0.2) is 36.4 Å². The van der Waals surface area contributed by atoms with E-state index in [9.17, 15) is 14.7 Å². The predicted octanol–water partition coefficient (Wildman–Crippen LogP) is 3.04. The normalized spacial score (nSPS) is 13.3. The summed E-state index contributed by atoms with van der Waals surface area (Å²) >= 11 is 0. The van der Waals surface area contributed by atoms with Gasteiger partial charge in [0.25, 0.3) is 0 Å². The van der Waals surface area contributed by atoms with E-state index in [4.69, 9.17) is 0 Å². The number of carbonyl (C=O) groups is 2. The third kappa shape index (κ3) is 9.37. The summed E-state index contributed by atoms with van der Waals surface area (Å²) in [6, 6.07) is 8.46. The van der Waals surface area contributed by atoms with Crippen molar-refractivity contribution in [1.82, 2.24) is 10.6 Å². The van der Waals surface area contributed by atoms with Crippen molar-refractivity contribution in [3.05, 3.63) is 42.0 Å². The minimum absolute atomic E-state index is 0.352. The zero-order chi connectivity index (χ0) is 19.2. The van der Waals surface area contributed by atoms with Crippen molar-refractivity contribution in [1.29, 1.82) is 0 Å². The lowest BCUT2D eigenvalue weighted by Crippen LogP contribution is -2.52. The summed E-state index contributed by atoms with van der Waals surface area (Å²) in [5, 5.41) is 15.2. The van der Waals surface area contributed by atoms with Gasteiger partial charge in [0, 0.05) is 12.6 Å². The zero-order valence-corrected chi connectivity index (χ0v) is 15.9. The number of rotatable bonds is 12. The quantitative estimate of drug-likeness (QED) is 0.396. The van der Waals surface area contributed by atoms with E-state index >= 15 is 0 Å². The largest absolute Gasteiger partial charge is 0.391 e. The Bertz CT molecular complexity index is 556. The molecule has 0 aliphatic carbocycles. The Morgan fingerprint density at radius 1 is 1.08 bits per heavy atom. The van der Waals surface area contributed by atoms with Gasteiger partial charge < -0.3 is 15.7 Å². The summed E-state index contributed by atoms with van der Waals surface area (Å²) in [6.07, 6.45) is 8.91. The lowest BCUT2D eigenvalue weighted by Gasteiger charge is -2.20. The fourth-order valence-corrected chi connectivity index (χ4v) is 2.57. The number of hydrogen-bond donors (Lipinski definition) is 3. The number of unbranched alkanes of at least 4 members (excludes halogenated alkanes) is 5. The first-order valence-corrected chi connectivity index (χ1v) is 9.54. The van der Waals surface area contributed by atoms with Gasteiger partial charge in [-0.1, -0.05) is 69.4 Å². The maximum atomic E-state index is 12.2. The molecular formula is C21H32N2O3. The number of nitrogens with one attached hydrogen (secondary N) is 2. The van der Waals surface area contributed by atoms with Crippen molar-refractivity contribution in [2.45, 2.75) is 64.5 Å². The van der Waals surface area contributed by atoms with Crippen LogP contribution in [0, 0.1) is 0 Å². The molecule has 0 bridgehead atoms. The summed E-state index contributed by atoms with van der Waals surface area (Å²) in [7, 11) is 0. The number of hydrogen-bond acceptors (Lipinski definition) is 3. The van der Waals surface area contributed by atoms with E-state index in [1.807, 2.05) is 30.3 Å². The minimum atomic E-state index is -0.964. The molecule has 0 radical (unpaired) electrons. The van der Waals surface area contributed by atoms with Crippen LogP contribution < -0.4 is 10.6 Å². The van der Waals surface area contributed by atoms with Crippen molar-refractivity contribution in [3.8, 4) is 0 Å². The summed E-state index contributed by atoms with van der Waals surface area (Å²) in [6.45, 7) is 4.24. The van der Waals surface area contributed by atoms with Gasteiger partial charge in [0.05, 0.1) is 6.10 Å². The minimum Gasteiger partial charge on any atom is -0.391 e. The van der Waals surface area contributed by atoms with Crippen molar-refractivity contribution in [2.75, 3.05) is 6.54 Å². The molecule has 0 fully saturated rings. The van der Waals surface area contributed by atoms with Crippen molar-refractivity contribution < 1.29 is 14.7 Å². The van der Waals surface area contributed by atoms with Crippen molar-refractivity contribution in [3.63, 3.8) is 0 Å². The monoisotopic (exact) mass is 360 g/mol. The first-order chi connectivity index (χ1) is 12.5. The molecule has 0 spiro atoms. The van der Waals surface area contributed by atoms with Crippen LogP contribution in [-0.4, -0.2) is 35.6 Å². The Balaban J connectivity index is 2.38. The summed E-state index contributed by atoms with van der Waals surface area (Å²) in [5.41, 5.74) is 0.892. The molecule has 0 aliphatic rings. The fraction of sp³-hybridized carbons (Fsp3) is 0.524. The van der Waals surface area contributed by atoms with Crippen molar-refractivity contribution >= 4 is 17.9 Å². The lowest BCUT2D eigenvalue weighted by atomic mass is 10.1. The third-order valence-electron chi connectivity index (χ3n) is 4.12. The second-order valence-electron chi connectivity index (χ2n) is 6.53. The average Bonchev–Trinajstić information content (AvgIpc) is 2.64. The molecule has 1 aromatic carbocycles. The van der Waals surface area contributed by atoms with Crippen molar-refractivity contribution in [2.24, 2.45) is 0 Å². The highest BCUT2D eigenvalue weighted by Gasteiger charge is 2.24. The molecule has 0 aliphatic heterocycles. The van der Waals surface area contributed by atoms with Gasteiger partial charge in [0.15, 0.2) is 0 Å². The van der Waals surface area contributed by atoms with E-state index < -0.39 is 18.1 Å². The van der Waals surface area contributed by atoms with Crippen LogP contribution in [0.1, 0.15) is 57.9 Å². The molecule has 5 heteroatoms. The van der Waals surface area contributed by atoms with Gasteiger partial charge in [-0.2, -0.15) is 0 Å². The van der Waals surface area contributed by atoms with Gasteiger partial charge in [-0.05, 0) is 25.0 Å². The summed E-state index contributed by atoms with van der Waals surface area (Å²) < 4.78 is 0. The smallest absolute Gasteiger partial charge is 0.245 e. The highest BCUT2D eigenvalue weighted by atomic mass is 16.3. The summed E-state index contributed by atoms with van der Waals surface area (Å²) in [4.78, 5) is 24.2. The van der Waals surface area contributed by atoms with Crippen LogP contribution >= 0.6 is 0 Å². The Morgan fingerprint density at radius 3 is 2.38 bits per heavy atom. The fourth-order valence-electron chi connectivity index (χ4n) is 2.57. The predicted molar refractivity (Wildman–Crippen MR) is 105 cm³/mol. The molecule has 26 heavy (non-hydrogen) atoms. The molecule has 0 saturated heterocycles. The first kappa shape index (κ1) is 21.9. The molecule has 2 amide bonds. The molecule has 0 heterocycles. The Hall–Kier alpha value is -2.14. The van der Waals surface area contributed by atoms with Crippen LogP contribution in [0.4, 0.5) is 0 Å². The summed E-state index contributed by atoms with van der Waals surface area (Å²) in [5.74, 6) is -0.760. The maximum Gasteiger partial charge on any atom is 0.245 e. The number of amides is 2. The zero-order valence-electron chi connectivity index (χ0n) is 15.9. The van der Waals surface area contributed by atoms with Gasteiger partial charge in [0.2, 0.25) is 11.8 Å². The number of benzene rings is 1. The van der Waals surface area contributed by atoms with Gasteiger partial charge in [0.1, 0.15) is 6.04 Å².